The van der Waals surface area contributed by atoms with Crippen LogP contribution in [-0.4, -0.2) is 17.4 Å². The van der Waals surface area contributed by atoms with Crippen molar-refractivity contribution in [1.29, 1.82) is 5.26 Å². The van der Waals surface area contributed by atoms with Gasteiger partial charge >= 0.3 is 0 Å². The fourth-order valence-corrected chi connectivity index (χ4v) is 3.01. The van der Waals surface area contributed by atoms with Crippen molar-refractivity contribution in [2.45, 2.75) is 26.2 Å². The standard InChI is InChI=1S/C17H19N3OS/c1-12(2)10-15(16(21)19-7-6-18)13-4-3-5-14(11-13)17-20-8-9-22-17/h3-5,8-9,11-12,15H,7,10H2,1-2H3,(H,19,21). The Kier molecular flexibility index (Phi) is 5.68. The van der Waals surface area contributed by atoms with Crippen molar-refractivity contribution < 1.29 is 4.79 Å². The number of nitrogens with one attached hydrogen (secondary N) is 1. The minimum atomic E-state index is -0.242. The first-order chi connectivity index (χ1) is 10.6. The highest BCUT2D eigenvalue weighted by atomic mass is 32.1. The minimum Gasteiger partial charge on any atom is -0.342 e. The molecule has 1 aromatic heterocycles. The number of nitriles is 1. The Morgan fingerprint density at radius 3 is 2.91 bits per heavy atom. The van der Waals surface area contributed by atoms with Gasteiger partial charge in [-0.3, -0.25) is 4.79 Å². The van der Waals surface area contributed by atoms with Gasteiger partial charge in [-0.25, -0.2) is 4.98 Å². The van der Waals surface area contributed by atoms with Gasteiger partial charge in [0.15, 0.2) is 0 Å². The zero-order valence-electron chi connectivity index (χ0n) is 12.7. The highest BCUT2D eigenvalue weighted by molar-refractivity contribution is 7.13. The van der Waals surface area contributed by atoms with Crippen LogP contribution in [0.1, 0.15) is 31.7 Å². The Hall–Kier alpha value is -2.19. The molecule has 1 atom stereocenters. The SMILES string of the molecule is CC(C)CC(C(=O)NCC#N)c1cccc(-c2nccs2)c1. The van der Waals surface area contributed by atoms with Gasteiger partial charge in [0.25, 0.3) is 0 Å². The van der Waals surface area contributed by atoms with Gasteiger partial charge in [0.05, 0.1) is 12.0 Å². The van der Waals surface area contributed by atoms with E-state index in [9.17, 15) is 4.79 Å². The summed E-state index contributed by atoms with van der Waals surface area (Å²) >= 11 is 1.58. The van der Waals surface area contributed by atoms with Crippen molar-refractivity contribution in [2.75, 3.05) is 6.54 Å². The van der Waals surface area contributed by atoms with E-state index in [1.54, 1.807) is 17.5 Å². The lowest BCUT2D eigenvalue weighted by atomic mass is 9.88. The Bertz CT molecular complexity index is 659. The van der Waals surface area contributed by atoms with E-state index in [-0.39, 0.29) is 18.4 Å². The number of benzene rings is 1. The molecule has 114 valence electrons. The summed E-state index contributed by atoms with van der Waals surface area (Å²) in [6.45, 7) is 4.23. The fourth-order valence-electron chi connectivity index (χ4n) is 2.37. The van der Waals surface area contributed by atoms with Crippen molar-refractivity contribution in [3.05, 3.63) is 41.4 Å². The first kappa shape index (κ1) is 16.2. The molecule has 1 N–H and O–H groups in total. The molecule has 2 rings (SSSR count). The van der Waals surface area contributed by atoms with Crippen molar-refractivity contribution in [3.63, 3.8) is 0 Å². The topological polar surface area (TPSA) is 65.8 Å². The van der Waals surface area contributed by atoms with Crippen molar-refractivity contribution in [1.82, 2.24) is 10.3 Å². The molecule has 0 aliphatic rings. The molecule has 1 amide bonds. The van der Waals surface area contributed by atoms with E-state index in [1.807, 2.05) is 35.7 Å². The Morgan fingerprint density at radius 2 is 2.27 bits per heavy atom. The highest BCUT2D eigenvalue weighted by Gasteiger charge is 2.22. The summed E-state index contributed by atoms with van der Waals surface area (Å²) < 4.78 is 0. The second-order valence-electron chi connectivity index (χ2n) is 5.52. The molecular weight excluding hydrogens is 294 g/mol. The van der Waals surface area contributed by atoms with Gasteiger partial charge in [0.2, 0.25) is 5.91 Å². The van der Waals surface area contributed by atoms with Gasteiger partial charge in [-0.15, -0.1) is 11.3 Å². The lowest BCUT2D eigenvalue weighted by Gasteiger charge is -2.19. The molecule has 5 heteroatoms. The molecule has 4 nitrogen and oxygen atoms in total. The van der Waals surface area contributed by atoms with Crippen LogP contribution in [-0.2, 0) is 4.79 Å². The van der Waals surface area contributed by atoms with Crippen LogP contribution in [0.4, 0.5) is 0 Å². The lowest BCUT2D eigenvalue weighted by Crippen LogP contribution is -2.30. The summed E-state index contributed by atoms with van der Waals surface area (Å²) in [5.74, 6) is 0.0566. The monoisotopic (exact) mass is 313 g/mol. The number of nitrogens with zero attached hydrogens (tertiary/aromatic N) is 2. The van der Waals surface area contributed by atoms with E-state index >= 15 is 0 Å². The second kappa shape index (κ2) is 7.71. The molecule has 0 saturated heterocycles. The largest absolute Gasteiger partial charge is 0.342 e. The van der Waals surface area contributed by atoms with Crippen LogP contribution >= 0.6 is 11.3 Å². The van der Waals surface area contributed by atoms with E-state index in [0.29, 0.717) is 5.92 Å². The number of amides is 1. The Labute approximate surface area is 134 Å². The molecule has 0 radical (unpaired) electrons. The van der Waals surface area contributed by atoms with Crippen LogP contribution in [0.5, 0.6) is 0 Å². The van der Waals surface area contributed by atoms with E-state index in [0.717, 1.165) is 22.6 Å². The summed E-state index contributed by atoms with van der Waals surface area (Å²) in [7, 11) is 0. The summed E-state index contributed by atoms with van der Waals surface area (Å²) in [5, 5.41) is 14.2. The zero-order valence-corrected chi connectivity index (χ0v) is 13.6. The number of rotatable bonds is 6. The number of thiazole rings is 1. The number of hydrogen-bond donors (Lipinski definition) is 1. The van der Waals surface area contributed by atoms with E-state index in [4.69, 9.17) is 5.26 Å². The maximum absolute atomic E-state index is 12.4. The Balaban J connectivity index is 2.29. The molecule has 0 bridgehead atoms. The predicted octanol–water partition coefficient (Wildman–Crippen LogP) is 3.58. The summed E-state index contributed by atoms with van der Waals surface area (Å²) in [6.07, 6.45) is 2.52. The van der Waals surface area contributed by atoms with Gasteiger partial charge in [-0.2, -0.15) is 5.26 Å². The van der Waals surface area contributed by atoms with Crippen LogP contribution in [0, 0.1) is 17.2 Å². The third-order valence-electron chi connectivity index (χ3n) is 3.33. The van der Waals surface area contributed by atoms with Gasteiger partial charge < -0.3 is 5.32 Å². The highest BCUT2D eigenvalue weighted by Crippen LogP contribution is 2.29. The van der Waals surface area contributed by atoms with Crippen molar-refractivity contribution in [3.8, 4) is 16.6 Å². The summed E-state index contributed by atoms with van der Waals surface area (Å²) in [5.41, 5.74) is 1.99. The third-order valence-corrected chi connectivity index (χ3v) is 4.16. The molecular formula is C17H19N3OS. The quantitative estimate of drug-likeness (QED) is 0.829. The third kappa shape index (κ3) is 4.15. The Morgan fingerprint density at radius 1 is 1.45 bits per heavy atom. The molecule has 2 aromatic rings. The van der Waals surface area contributed by atoms with E-state index in [1.165, 1.54) is 0 Å². The molecule has 0 saturated carbocycles. The maximum Gasteiger partial charge on any atom is 0.228 e. The predicted molar refractivity (Wildman–Crippen MR) is 88.4 cm³/mol. The summed E-state index contributed by atoms with van der Waals surface area (Å²) in [6, 6.07) is 9.90. The van der Waals surface area contributed by atoms with E-state index in [2.05, 4.69) is 24.1 Å². The molecule has 0 aliphatic carbocycles. The molecule has 0 fully saturated rings. The number of carbonyl (C=O) groups excluding carboxylic acids is 1. The normalized spacial score (nSPS) is 11.9. The zero-order chi connectivity index (χ0) is 15.9. The molecule has 1 heterocycles. The first-order valence-electron chi connectivity index (χ1n) is 7.26. The second-order valence-corrected chi connectivity index (χ2v) is 6.42. The number of hydrogen-bond acceptors (Lipinski definition) is 4. The number of carbonyl (C=O) groups is 1. The molecule has 0 spiro atoms. The average Bonchev–Trinajstić information content (AvgIpc) is 3.04. The van der Waals surface area contributed by atoms with Gasteiger partial charge in [0.1, 0.15) is 11.6 Å². The van der Waals surface area contributed by atoms with Gasteiger partial charge in [-0.1, -0.05) is 32.0 Å². The van der Waals surface area contributed by atoms with Crippen molar-refractivity contribution in [2.24, 2.45) is 5.92 Å². The fraction of sp³-hybridized carbons (Fsp3) is 0.353. The molecule has 1 aromatic carbocycles. The van der Waals surface area contributed by atoms with Crippen LogP contribution in [0.25, 0.3) is 10.6 Å². The maximum atomic E-state index is 12.4. The van der Waals surface area contributed by atoms with Crippen LogP contribution < -0.4 is 5.32 Å². The molecule has 0 aliphatic heterocycles. The van der Waals surface area contributed by atoms with Gasteiger partial charge in [-0.05, 0) is 24.0 Å². The molecule has 1 unspecified atom stereocenters. The van der Waals surface area contributed by atoms with Crippen molar-refractivity contribution >= 4 is 17.2 Å². The van der Waals surface area contributed by atoms with Crippen LogP contribution in [0.15, 0.2) is 35.8 Å². The van der Waals surface area contributed by atoms with Crippen LogP contribution in [0.3, 0.4) is 0 Å². The molecule has 22 heavy (non-hydrogen) atoms. The summed E-state index contributed by atoms with van der Waals surface area (Å²) in [4.78, 5) is 16.7. The average molecular weight is 313 g/mol. The lowest BCUT2D eigenvalue weighted by molar-refractivity contribution is -0.122. The van der Waals surface area contributed by atoms with Gasteiger partial charge in [0, 0.05) is 17.1 Å². The van der Waals surface area contributed by atoms with Crippen LogP contribution in [0.2, 0.25) is 0 Å². The minimum absolute atomic E-state index is 0.0413. The first-order valence-corrected chi connectivity index (χ1v) is 8.14. The smallest absolute Gasteiger partial charge is 0.228 e. The van der Waals surface area contributed by atoms with E-state index < -0.39 is 0 Å². The number of aromatic nitrogens is 1.